The SMILES string of the molecule is CCC(C(=O)O)C1CCC(c2cccc(=O)n2C)CC1. The average molecular weight is 277 g/mol. The summed E-state index contributed by atoms with van der Waals surface area (Å²) in [7, 11) is 1.82. The number of rotatable bonds is 4. The molecule has 0 spiro atoms. The molecule has 20 heavy (non-hydrogen) atoms. The van der Waals surface area contributed by atoms with Gasteiger partial charge in [0.25, 0.3) is 0 Å². The van der Waals surface area contributed by atoms with Crippen LogP contribution in [-0.4, -0.2) is 15.6 Å². The van der Waals surface area contributed by atoms with Crippen molar-refractivity contribution in [2.75, 3.05) is 0 Å². The van der Waals surface area contributed by atoms with Crippen LogP contribution < -0.4 is 5.56 Å². The van der Waals surface area contributed by atoms with E-state index in [1.165, 1.54) is 0 Å². The van der Waals surface area contributed by atoms with Crippen molar-refractivity contribution < 1.29 is 9.90 Å². The highest BCUT2D eigenvalue weighted by Gasteiger charge is 2.31. The van der Waals surface area contributed by atoms with E-state index >= 15 is 0 Å². The molecule has 1 fully saturated rings. The third kappa shape index (κ3) is 2.94. The standard InChI is InChI=1S/C16H23NO3/c1-3-13(16(19)20)11-7-9-12(10-8-11)14-5-4-6-15(18)17(14)2/h4-6,11-13H,3,7-10H2,1-2H3,(H,19,20). The summed E-state index contributed by atoms with van der Waals surface area (Å²) >= 11 is 0. The Hall–Kier alpha value is -1.58. The molecule has 0 saturated heterocycles. The number of carboxylic acid groups (broad SMARTS) is 1. The lowest BCUT2D eigenvalue weighted by Crippen LogP contribution is -2.28. The van der Waals surface area contributed by atoms with Crippen LogP contribution >= 0.6 is 0 Å². The number of carboxylic acids is 1. The van der Waals surface area contributed by atoms with Crippen LogP contribution in [0.1, 0.15) is 50.6 Å². The van der Waals surface area contributed by atoms with E-state index in [-0.39, 0.29) is 17.4 Å². The predicted octanol–water partition coefficient (Wildman–Crippen LogP) is 2.77. The van der Waals surface area contributed by atoms with Gasteiger partial charge in [0.2, 0.25) is 5.56 Å². The maximum absolute atomic E-state index is 11.7. The van der Waals surface area contributed by atoms with Gasteiger partial charge in [-0.25, -0.2) is 0 Å². The number of aromatic nitrogens is 1. The lowest BCUT2D eigenvalue weighted by atomic mass is 9.74. The minimum absolute atomic E-state index is 0.0293. The lowest BCUT2D eigenvalue weighted by Gasteiger charge is -2.32. The Morgan fingerprint density at radius 1 is 1.35 bits per heavy atom. The van der Waals surface area contributed by atoms with Crippen LogP contribution in [0.5, 0.6) is 0 Å². The highest BCUT2D eigenvalue weighted by molar-refractivity contribution is 5.70. The summed E-state index contributed by atoms with van der Waals surface area (Å²) in [6, 6.07) is 5.41. The van der Waals surface area contributed by atoms with Crippen LogP contribution in [0.15, 0.2) is 23.0 Å². The Kier molecular flexibility index (Phi) is 4.63. The summed E-state index contributed by atoms with van der Waals surface area (Å²) in [6.07, 6.45) is 4.54. The molecule has 1 aliphatic carbocycles. The third-order valence-corrected chi connectivity index (χ3v) is 4.74. The Morgan fingerprint density at radius 3 is 2.55 bits per heavy atom. The zero-order chi connectivity index (χ0) is 14.7. The van der Waals surface area contributed by atoms with Crippen LogP contribution in [-0.2, 0) is 11.8 Å². The zero-order valence-electron chi connectivity index (χ0n) is 12.2. The summed E-state index contributed by atoms with van der Waals surface area (Å²) < 4.78 is 1.72. The van der Waals surface area contributed by atoms with Gasteiger partial charge < -0.3 is 9.67 Å². The van der Waals surface area contributed by atoms with Crippen molar-refractivity contribution in [2.45, 2.75) is 44.9 Å². The van der Waals surface area contributed by atoms with E-state index in [2.05, 4.69) is 0 Å². The molecule has 1 atom stereocenters. The fraction of sp³-hybridized carbons (Fsp3) is 0.625. The minimum Gasteiger partial charge on any atom is -0.481 e. The predicted molar refractivity (Wildman–Crippen MR) is 77.8 cm³/mol. The van der Waals surface area contributed by atoms with Gasteiger partial charge in [0, 0.05) is 18.8 Å². The van der Waals surface area contributed by atoms with E-state index in [4.69, 9.17) is 0 Å². The number of aliphatic carboxylic acids is 1. The monoisotopic (exact) mass is 277 g/mol. The van der Waals surface area contributed by atoms with Crippen molar-refractivity contribution in [1.82, 2.24) is 4.57 Å². The molecule has 0 bridgehead atoms. The molecular formula is C16H23NO3. The van der Waals surface area contributed by atoms with Gasteiger partial charge in [-0.2, -0.15) is 0 Å². The first-order chi connectivity index (χ1) is 9.54. The fourth-order valence-corrected chi connectivity index (χ4v) is 3.52. The summed E-state index contributed by atoms with van der Waals surface area (Å²) in [5.74, 6) is -0.204. The Morgan fingerprint density at radius 2 is 2.00 bits per heavy atom. The number of pyridine rings is 1. The molecule has 1 aromatic rings. The van der Waals surface area contributed by atoms with Gasteiger partial charge in [-0.05, 0) is 50.0 Å². The molecule has 1 aliphatic rings. The van der Waals surface area contributed by atoms with Gasteiger partial charge in [0.15, 0.2) is 0 Å². The molecule has 0 aliphatic heterocycles. The summed E-state index contributed by atoms with van der Waals surface area (Å²) in [6.45, 7) is 1.95. The first-order valence-corrected chi connectivity index (χ1v) is 7.43. The van der Waals surface area contributed by atoms with Gasteiger partial charge in [0.1, 0.15) is 0 Å². The van der Waals surface area contributed by atoms with E-state index < -0.39 is 5.97 Å². The summed E-state index contributed by atoms with van der Waals surface area (Å²) in [5, 5.41) is 9.24. The second-order valence-electron chi connectivity index (χ2n) is 5.81. The maximum Gasteiger partial charge on any atom is 0.306 e. The van der Waals surface area contributed by atoms with Crippen LogP contribution in [0.25, 0.3) is 0 Å². The van der Waals surface area contributed by atoms with Crippen molar-refractivity contribution in [1.29, 1.82) is 0 Å². The Bertz CT molecular complexity index is 527. The molecule has 1 unspecified atom stereocenters. The highest BCUT2D eigenvalue weighted by Crippen LogP contribution is 2.39. The van der Waals surface area contributed by atoms with Crippen molar-refractivity contribution in [2.24, 2.45) is 18.9 Å². The summed E-state index contributed by atoms with van der Waals surface area (Å²) in [4.78, 5) is 22.9. The fourth-order valence-electron chi connectivity index (χ4n) is 3.52. The molecule has 1 heterocycles. The van der Waals surface area contributed by atoms with Crippen LogP contribution in [0.4, 0.5) is 0 Å². The first-order valence-electron chi connectivity index (χ1n) is 7.43. The number of hydrogen-bond donors (Lipinski definition) is 1. The van der Waals surface area contributed by atoms with Crippen molar-refractivity contribution >= 4 is 5.97 Å². The van der Waals surface area contributed by atoms with Gasteiger partial charge >= 0.3 is 5.97 Å². The number of nitrogens with zero attached hydrogens (tertiary/aromatic N) is 1. The minimum atomic E-state index is -0.664. The number of hydrogen-bond acceptors (Lipinski definition) is 2. The van der Waals surface area contributed by atoms with Crippen molar-refractivity contribution in [3.63, 3.8) is 0 Å². The molecule has 1 N–H and O–H groups in total. The Balaban J connectivity index is 2.06. The molecule has 0 amide bonds. The molecule has 0 aromatic carbocycles. The van der Waals surface area contributed by atoms with Crippen molar-refractivity contribution in [3.8, 4) is 0 Å². The van der Waals surface area contributed by atoms with Gasteiger partial charge in [0.05, 0.1) is 5.92 Å². The van der Waals surface area contributed by atoms with Crippen molar-refractivity contribution in [3.05, 3.63) is 34.2 Å². The molecule has 4 nitrogen and oxygen atoms in total. The molecular weight excluding hydrogens is 254 g/mol. The van der Waals surface area contributed by atoms with E-state index in [1.807, 2.05) is 26.1 Å². The van der Waals surface area contributed by atoms with E-state index in [1.54, 1.807) is 10.6 Å². The molecule has 4 heteroatoms. The van der Waals surface area contributed by atoms with E-state index in [9.17, 15) is 14.7 Å². The van der Waals surface area contributed by atoms with E-state index in [0.29, 0.717) is 12.3 Å². The second kappa shape index (κ2) is 6.25. The van der Waals surface area contributed by atoms with Crippen LogP contribution in [0.3, 0.4) is 0 Å². The maximum atomic E-state index is 11.7. The third-order valence-electron chi connectivity index (χ3n) is 4.74. The second-order valence-corrected chi connectivity index (χ2v) is 5.81. The zero-order valence-corrected chi connectivity index (χ0v) is 12.2. The molecule has 0 radical (unpaired) electrons. The highest BCUT2D eigenvalue weighted by atomic mass is 16.4. The molecule has 1 aromatic heterocycles. The summed E-state index contributed by atoms with van der Waals surface area (Å²) in [5.41, 5.74) is 1.11. The molecule has 2 rings (SSSR count). The van der Waals surface area contributed by atoms with Gasteiger partial charge in [-0.15, -0.1) is 0 Å². The largest absolute Gasteiger partial charge is 0.481 e. The van der Waals surface area contributed by atoms with Gasteiger partial charge in [-0.1, -0.05) is 13.0 Å². The molecule has 1 saturated carbocycles. The lowest BCUT2D eigenvalue weighted by molar-refractivity contribution is -0.144. The molecule has 110 valence electrons. The quantitative estimate of drug-likeness (QED) is 0.920. The Labute approximate surface area is 119 Å². The van der Waals surface area contributed by atoms with Gasteiger partial charge in [-0.3, -0.25) is 9.59 Å². The van der Waals surface area contributed by atoms with Crippen LogP contribution in [0.2, 0.25) is 0 Å². The topological polar surface area (TPSA) is 59.3 Å². The number of carbonyl (C=O) groups is 1. The first kappa shape index (κ1) is 14.8. The van der Waals surface area contributed by atoms with E-state index in [0.717, 1.165) is 31.4 Å². The normalized spacial score (nSPS) is 24.3. The average Bonchev–Trinajstić information content (AvgIpc) is 2.43. The van der Waals surface area contributed by atoms with Crippen LogP contribution in [0, 0.1) is 11.8 Å². The smallest absolute Gasteiger partial charge is 0.306 e.